The van der Waals surface area contributed by atoms with Crippen molar-refractivity contribution in [3.63, 3.8) is 0 Å². The maximum Gasteiger partial charge on any atom is 0.0591 e. The minimum absolute atomic E-state index is 0.870. The van der Waals surface area contributed by atoms with Gasteiger partial charge in [-0.05, 0) is 50.1 Å². The fraction of sp³-hybridized carbons (Fsp3) is 0.625. The third-order valence-electron chi connectivity index (χ3n) is 3.39. The van der Waals surface area contributed by atoms with Crippen molar-refractivity contribution in [2.24, 2.45) is 5.92 Å². The van der Waals surface area contributed by atoms with Crippen LogP contribution in [-0.2, 0) is 11.2 Å². The molecule has 1 aromatic carbocycles. The van der Waals surface area contributed by atoms with E-state index in [-0.39, 0.29) is 0 Å². The summed E-state index contributed by atoms with van der Waals surface area (Å²) in [6.07, 6.45) is 6.47. The van der Waals surface area contributed by atoms with E-state index in [1.54, 1.807) is 0 Å². The summed E-state index contributed by atoms with van der Waals surface area (Å²) in [5.74, 6) is 0.885. The Labute approximate surface area is 111 Å². The molecule has 100 valence electrons. The second kappa shape index (κ2) is 8.28. The zero-order valence-corrected chi connectivity index (χ0v) is 11.2. The molecule has 0 aromatic heterocycles. The lowest BCUT2D eigenvalue weighted by Gasteiger charge is -2.06. The van der Waals surface area contributed by atoms with Gasteiger partial charge in [-0.1, -0.05) is 30.3 Å². The second-order valence-corrected chi connectivity index (χ2v) is 5.21. The highest BCUT2D eigenvalue weighted by Gasteiger charge is 2.20. The minimum Gasteiger partial charge on any atom is -0.380 e. The molecule has 2 heteroatoms. The van der Waals surface area contributed by atoms with Gasteiger partial charge >= 0.3 is 0 Å². The highest BCUT2D eigenvalue weighted by molar-refractivity contribution is 5.14. The van der Waals surface area contributed by atoms with E-state index in [1.165, 1.54) is 37.7 Å². The molecular weight excluding hydrogens is 222 g/mol. The van der Waals surface area contributed by atoms with Gasteiger partial charge in [0.25, 0.3) is 0 Å². The van der Waals surface area contributed by atoms with Gasteiger partial charge in [0.15, 0.2) is 0 Å². The lowest BCUT2D eigenvalue weighted by molar-refractivity contribution is 0.126. The van der Waals surface area contributed by atoms with Crippen LogP contribution in [0.1, 0.15) is 31.2 Å². The molecule has 0 unspecified atom stereocenters. The summed E-state index contributed by atoms with van der Waals surface area (Å²) in [7, 11) is 0. The minimum atomic E-state index is 0.870. The van der Waals surface area contributed by atoms with Crippen molar-refractivity contribution in [3.05, 3.63) is 35.9 Å². The average Bonchev–Trinajstić information content (AvgIpc) is 3.22. The van der Waals surface area contributed by atoms with Gasteiger partial charge in [0.1, 0.15) is 0 Å². The Morgan fingerprint density at radius 3 is 2.67 bits per heavy atom. The summed E-state index contributed by atoms with van der Waals surface area (Å²) in [5.41, 5.74) is 1.45. The number of benzene rings is 1. The van der Waals surface area contributed by atoms with Crippen LogP contribution in [0.25, 0.3) is 0 Å². The first kappa shape index (κ1) is 13.6. The van der Waals surface area contributed by atoms with E-state index in [0.29, 0.717) is 0 Å². The van der Waals surface area contributed by atoms with E-state index < -0.39 is 0 Å². The van der Waals surface area contributed by atoms with Crippen molar-refractivity contribution in [2.45, 2.75) is 32.1 Å². The number of nitrogens with one attached hydrogen (secondary N) is 1. The molecule has 1 fully saturated rings. The summed E-state index contributed by atoms with van der Waals surface area (Å²) in [4.78, 5) is 0. The summed E-state index contributed by atoms with van der Waals surface area (Å²) >= 11 is 0. The van der Waals surface area contributed by atoms with Crippen molar-refractivity contribution < 1.29 is 4.74 Å². The Balaban J connectivity index is 1.35. The van der Waals surface area contributed by atoms with Crippen molar-refractivity contribution in [3.8, 4) is 0 Å². The van der Waals surface area contributed by atoms with Gasteiger partial charge in [-0.2, -0.15) is 0 Å². The second-order valence-electron chi connectivity index (χ2n) is 5.21. The molecule has 0 spiro atoms. The Morgan fingerprint density at radius 2 is 1.89 bits per heavy atom. The monoisotopic (exact) mass is 247 g/mol. The Kier molecular flexibility index (Phi) is 6.24. The van der Waals surface area contributed by atoms with Crippen LogP contribution < -0.4 is 5.32 Å². The van der Waals surface area contributed by atoms with Crippen LogP contribution in [0.2, 0.25) is 0 Å². The number of aryl methyl sites for hydroxylation is 1. The summed E-state index contributed by atoms with van der Waals surface area (Å²) in [5, 5.41) is 3.44. The van der Waals surface area contributed by atoms with E-state index in [9.17, 15) is 0 Å². The van der Waals surface area contributed by atoms with Crippen LogP contribution in [0.15, 0.2) is 30.3 Å². The first-order valence-electron chi connectivity index (χ1n) is 7.27. The van der Waals surface area contributed by atoms with Gasteiger partial charge in [-0.15, -0.1) is 0 Å². The SMILES string of the molecule is c1ccc(CCCCNCCOCC2CC2)cc1. The van der Waals surface area contributed by atoms with Gasteiger partial charge in [0.05, 0.1) is 6.61 Å². The van der Waals surface area contributed by atoms with Crippen LogP contribution in [-0.4, -0.2) is 26.3 Å². The van der Waals surface area contributed by atoms with Crippen LogP contribution in [0.4, 0.5) is 0 Å². The highest BCUT2D eigenvalue weighted by Crippen LogP contribution is 2.28. The molecule has 1 aliphatic rings. The molecule has 0 amide bonds. The van der Waals surface area contributed by atoms with E-state index >= 15 is 0 Å². The largest absolute Gasteiger partial charge is 0.380 e. The predicted octanol–water partition coefficient (Wildman–Crippen LogP) is 3.03. The molecule has 0 atom stereocenters. The molecule has 1 N–H and O–H groups in total. The van der Waals surface area contributed by atoms with Gasteiger partial charge in [-0.25, -0.2) is 0 Å². The first-order chi connectivity index (χ1) is 8.95. The van der Waals surface area contributed by atoms with Gasteiger partial charge in [-0.3, -0.25) is 0 Å². The number of rotatable bonds is 10. The summed E-state index contributed by atoms with van der Waals surface area (Å²) < 4.78 is 5.57. The molecule has 0 aliphatic heterocycles. The fourth-order valence-corrected chi connectivity index (χ4v) is 2.03. The smallest absolute Gasteiger partial charge is 0.0591 e. The third-order valence-corrected chi connectivity index (χ3v) is 3.39. The standard InChI is InChI=1S/C16H25NO/c1-2-6-15(7-3-1)8-4-5-11-17-12-13-18-14-16-9-10-16/h1-3,6-7,16-17H,4-5,8-14H2. The summed E-state index contributed by atoms with van der Waals surface area (Å²) in [6.45, 7) is 3.96. The molecule has 2 nitrogen and oxygen atoms in total. The zero-order valence-electron chi connectivity index (χ0n) is 11.2. The zero-order chi connectivity index (χ0) is 12.5. The molecule has 0 heterocycles. The Morgan fingerprint density at radius 1 is 1.06 bits per heavy atom. The molecule has 2 rings (SSSR count). The van der Waals surface area contributed by atoms with E-state index in [0.717, 1.165) is 32.2 Å². The van der Waals surface area contributed by atoms with E-state index in [2.05, 4.69) is 35.6 Å². The Bertz CT molecular complexity index is 308. The van der Waals surface area contributed by atoms with Crippen LogP contribution >= 0.6 is 0 Å². The quantitative estimate of drug-likeness (QED) is 0.642. The maximum absolute atomic E-state index is 5.57. The summed E-state index contributed by atoms with van der Waals surface area (Å²) in [6, 6.07) is 10.7. The van der Waals surface area contributed by atoms with Crippen molar-refractivity contribution >= 4 is 0 Å². The molecule has 0 bridgehead atoms. The maximum atomic E-state index is 5.57. The topological polar surface area (TPSA) is 21.3 Å². The fourth-order valence-electron chi connectivity index (χ4n) is 2.03. The normalized spacial score (nSPS) is 14.9. The third kappa shape index (κ3) is 6.18. The van der Waals surface area contributed by atoms with Gasteiger partial charge in [0.2, 0.25) is 0 Å². The molecule has 1 aliphatic carbocycles. The van der Waals surface area contributed by atoms with E-state index in [4.69, 9.17) is 4.74 Å². The molecule has 0 saturated heterocycles. The first-order valence-corrected chi connectivity index (χ1v) is 7.27. The van der Waals surface area contributed by atoms with E-state index in [1.807, 2.05) is 0 Å². The number of hydrogen-bond donors (Lipinski definition) is 1. The highest BCUT2D eigenvalue weighted by atomic mass is 16.5. The van der Waals surface area contributed by atoms with Gasteiger partial charge in [0, 0.05) is 13.2 Å². The molecule has 18 heavy (non-hydrogen) atoms. The average molecular weight is 247 g/mol. The van der Waals surface area contributed by atoms with Crippen LogP contribution in [0.3, 0.4) is 0 Å². The number of ether oxygens (including phenoxy) is 1. The lowest BCUT2D eigenvalue weighted by Crippen LogP contribution is -2.21. The Hall–Kier alpha value is -0.860. The predicted molar refractivity (Wildman–Crippen MR) is 75.8 cm³/mol. The number of unbranched alkanes of at least 4 members (excludes halogenated alkanes) is 1. The van der Waals surface area contributed by atoms with Crippen molar-refractivity contribution in [1.82, 2.24) is 5.32 Å². The van der Waals surface area contributed by atoms with Gasteiger partial charge < -0.3 is 10.1 Å². The number of hydrogen-bond acceptors (Lipinski definition) is 2. The van der Waals surface area contributed by atoms with Crippen molar-refractivity contribution in [2.75, 3.05) is 26.3 Å². The van der Waals surface area contributed by atoms with Crippen molar-refractivity contribution in [1.29, 1.82) is 0 Å². The lowest BCUT2D eigenvalue weighted by atomic mass is 10.1. The molecule has 1 aromatic rings. The molecule has 0 radical (unpaired) electrons. The van der Waals surface area contributed by atoms with Crippen LogP contribution in [0.5, 0.6) is 0 Å². The molecule has 1 saturated carbocycles. The van der Waals surface area contributed by atoms with Crippen LogP contribution in [0, 0.1) is 5.92 Å². The molecular formula is C16H25NO.